The van der Waals surface area contributed by atoms with Gasteiger partial charge in [-0.3, -0.25) is 0 Å². The highest BCUT2D eigenvalue weighted by atomic mass is 79.9. The maximum Gasteiger partial charge on any atom is 0.115 e. The molecule has 0 spiro atoms. The van der Waals surface area contributed by atoms with Crippen LogP contribution in [0.15, 0.2) is 27.7 Å². The van der Waals surface area contributed by atoms with E-state index in [1.807, 2.05) is 6.07 Å². The number of alkyl halides is 1. The summed E-state index contributed by atoms with van der Waals surface area (Å²) in [6.07, 6.45) is 3.51. The minimum absolute atomic E-state index is 0.254. The number of hydrogen-bond acceptors (Lipinski definition) is 1. The van der Waals surface area contributed by atoms with Crippen LogP contribution in [0.1, 0.15) is 25.3 Å². The van der Waals surface area contributed by atoms with Gasteiger partial charge in [-0.15, -0.1) is 11.6 Å². The number of rotatable bonds is 5. The van der Waals surface area contributed by atoms with Crippen molar-refractivity contribution in [2.75, 3.05) is 5.88 Å². The fourth-order valence-corrected chi connectivity index (χ4v) is 1.94. The van der Waals surface area contributed by atoms with Crippen LogP contribution in [-0.2, 0) is 6.42 Å². The van der Waals surface area contributed by atoms with E-state index in [1.165, 1.54) is 18.4 Å². The third kappa shape index (κ3) is 4.14. The quantitative estimate of drug-likeness (QED) is 0.498. The fraction of sp³-hybridized carbons (Fsp3) is 0.417. The van der Waals surface area contributed by atoms with Crippen molar-refractivity contribution in [2.24, 2.45) is 10.7 Å². The van der Waals surface area contributed by atoms with Gasteiger partial charge in [-0.2, -0.15) is 0 Å². The molecule has 0 atom stereocenters. The molecule has 0 heterocycles. The van der Waals surface area contributed by atoms with E-state index in [-0.39, 0.29) is 5.88 Å². The standard InChI is InChI=1S/C12H16BrClN2/c1-2-3-4-9-5-6-11(10(13)7-9)16-12(15)8-14/h5-7H,2-4,8H2,1H3,(H2,15,16). The zero-order valence-corrected chi connectivity index (χ0v) is 11.7. The second-order valence-electron chi connectivity index (χ2n) is 3.63. The van der Waals surface area contributed by atoms with Crippen molar-refractivity contribution in [2.45, 2.75) is 26.2 Å². The van der Waals surface area contributed by atoms with E-state index in [0.29, 0.717) is 5.84 Å². The summed E-state index contributed by atoms with van der Waals surface area (Å²) in [6.45, 7) is 2.19. The fourth-order valence-electron chi connectivity index (χ4n) is 1.36. The predicted octanol–water partition coefficient (Wildman–Crippen LogP) is 4.02. The minimum Gasteiger partial charge on any atom is -0.386 e. The van der Waals surface area contributed by atoms with Crippen molar-refractivity contribution in [1.82, 2.24) is 0 Å². The Bertz CT molecular complexity index is 377. The van der Waals surface area contributed by atoms with Gasteiger partial charge < -0.3 is 5.73 Å². The van der Waals surface area contributed by atoms with Crippen molar-refractivity contribution in [1.29, 1.82) is 0 Å². The number of aliphatic imine (C=N–C) groups is 1. The first-order chi connectivity index (χ1) is 7.67. The van der Waals surface area contributed by atoms with Crippen LogP contribution in [0, 0.1) is 0 Å². The van der Waals surface area contributed by atoms with Crippen LogP contribution >= 0.6 is 27.5 Å². The lowest BCUT2D eigenvalue weighted by Crippen LogP contribution is -2.12. The monoisotopic (exact) mass is 302 g/mol. The number of halogens is 2. The lowest BCUT2D eigenvalue weighted by atomic mass is 10.1. The van der Waals surface area contributed by atoms with Crippen LogP contribution in [0.4, 0.5) is 5.69 Å². The third-order valence-corrected chi connectivity index (χ3v) is 3.14. The first-order valence-electron chi connectivity index (χ1n) is 5.34. The Balaban J connectivity index is 2.83. The third-order valence-electron chi connectivity index (χ3n) is 2.23. The van der Waals surface area contributed by atoms with Crippen molar-refractivity contribution in [3.8, 4) is 0 Å². The molecule has 0 saturated heterocycles. The molecule has 2 N–H and O–H groups in total. The molecule has 0 unspecified atom stereocenters. The van der Waals surface area contributed by atoms with Crippen LogP contribution in [0.25, 0.3) is 0 Å². The Morgan fingerprint density at radius 3 is 2.81 bits per heavy atom. The molecular formula is C12H16BrClN2. The number of benzene rings is 1. The van der Waals surface area contributed by atoms with Gasteiger partial charge in [0.15, 0.2) is 0 Å². The zero-order valence-electron chi connectivity index (χ0n) is 9.34. The van der Waals surface area contributed by atoms with Crippen molar-refractivity contribution in [3.05, 3.63) is 28.2 Å². The molecule has 0 aliphatic carbocycles. The molecule has 88 valence electrons. The first kappa shape index (κ1) is 13.5. The van der Waals surface area contributed by atoms with Crippen molar-refractivity contribution < 1.29 is 0 Å². The number of nitrogens with zero attached hydrogens (tertiary/aromatic N) is 1. The molecular weight excluding hydrogens is 288 g/mol. The Labute approximate surface area is 110 Å². The second-order valence-corrected chi connectivity index (χ2v) is 4.75. The Morgan fingerprint density at radius 2 is 2.25 bits per heavy atom. The molecule has 1 rings (SSSR count). The first-order valence-corrected chi connectivity index (χ1v) is 6.67. The maximum atomic E-state index is 5.59. The highest BCUT2D eigenvalue weighted by Crippen LogP contribution is 2.27. The lowest BCUT2D eigenvalue weighted by molar-refractivity contribution is 0.795. The molecule has 2 nitrogen and oxygen atoms in total. The maximum absolute atomic E-state index is 5.59. The summed E-state index contributed by atoms with van der Waals surface area (Å²) in [5.74, 6) is 0.688. The number of hydrogen-bond donors (Lipinski definition) is 1. The van der Waals surface area contributed by atoms with E-state index in [4.69, 9.17) is 17.3 Å². The van der Waals surface area contributed by atoms with E-state index >= 15 is 0 Å². The van der Waals surface area contributed by atoms with Crippen LogP contribution < -0.4 is 5.73 Å². The Hall–Kier alpha value is -0.540. The molecule has 1 aromatic rings. The van der Waals surface area contributed by atoms with Gasteiger partial charge in [-0.25, -0.2) is 4.99 Å². The summed E-state index contributed by atoms with van der Waals surface area (Å²) in [4.78, 5) is 4.21. The van der Waals surface area contributed by atoms with Crippen LogP contribution in [0.5, 0.6) is 0 Å². The summed E-state index contributed by atoms with van der Waals surface area (Å²) in [5.41, 5.74) is 7.74. The number of amidine groups is 1. The molecule has 0 saturated carbocycles. The SMILES string of the molecule is CCCCc1ccc(N=C(N)CCl)c(Br)c1. The van der Waals surface area contributed by atoms with Crippen LogP contribution in [-0.4, -0.2) is 11.7 Å². The van der Waals surface area contributed by atoms with Gasteiger partial charge in [0.1, 0.15) is 5.84 Å². The van der Waals surface area contributed by atoms with Gasteiger partial charge in [0, 0.05) is 4.47 Å². The summed E-state index contributed by atoms with van der Waals surface area (Å²) < 4.78 is 0.967. The number of aryl methyl sites for hydroxylation is 1. The van der Waals surface area contributed by atoms with Crippen LogP contribution in [0.2, 0.25) is 0 Å². The summed E-state index contributed by atoms with van der Waals surface area (Å²) in [6, 6.07) is 6.14. The molecule has 0 bridgehead atoms. The van der Waals surface area contributed by atoms with E-state index in [0.717, 1.165) is 16.6 Å². The van der Waals surface area contributed by atoms with Gasteiger partial charge in [-0.1, -0.05) is 19.4 Å². The number of nitrogens with two attached hydrogens (primary N) is 1. The molecule has 1 aromatic carbocycles. The predicted molar refractivity (Wildman–Crippen MR) is 74.8 cm³/mol. The average Bonchev–Trinajstić information content (AvgIpc) is 2.29. The molecule has 0 fully saturated rings. The summed E-state index contributed by atoms with van der Waals surface area (Å²) in [7, 11) is 0. The van der Waals surface area contributed by atoms with Crippen LogP contribution in [0.3, 0.4) is 0 Å². The smallest absolute Gasteiger partial charge is 0.115 e. The summed E-state index contributed by atoms with van der Waals surface area (Å²) >= 11 is 9.07. The molecule has 0 amide bonds. The Kier molecular flexibility index (Phi) is 5.85. The van der Waals surface area contributed by atoms with Gasteiger partial charge >= 0.3 is 0 Å². The highest BCUT2D eigenvalue weighted by Gasteiger charge is 2.01. The topological polar surface area (TPSA) is 38.4 Å². The molecule has 0 radical (unpaired) electrons. The van der Waals surface area contributed by atoms with Crippen molar-refractivity contribution >= 4 is 39.1 Å². The molecule has 0 aromatic heterocycles. The molecule has 0 aliphatic rings. The normalized spacial score (nSPS) is 11.8. The number of unbranched alkanes of at least 4 members (excludes halogenated alkanes) is 1. The largest absolute Gasteiger partial charge is 0.386 e. The minimum atomic E-state index is 0.254. The average molecular weight is 304 g/mol. The highest BCUT2D eigenvalue weighted by molar-refractivity contribution is 9.10. The molecule has 4 heteroatoms. The lowest BCUT2D eigenvalue weighted by Gasteiger charge is -2.04. The van der Waals surface area contributed by atoms with Gasteiger partial charge in [0.25, 0.3) is 0 Å². The van der Waals surface area contributed by atoms with Gasteiger partial charge in [-0.05, 0) is 46.5 Å². The van der Waals surface area contributed by atoms with Gasteiger partial charge in [0.05, 0.1) is 11.6 Å². The second kappa shape index (κ2) is 6.92. The zero-order chi connectivity index (χ0) is 12.0. The van der Waals surface area contributed by atoms with E-state index in [9.17, 15) is 0 Å². The van der Waals surface area contributed by atoms with E-state index in [2.05, 4.69) is 40.0 Å². The Morgan fingerprint density at radius 1 is 1.50 bits per heavy atom. The van der Waals surface area contributed by atoms with E-state index in [1.54, 1.807) is 0 Å². The van der Waals surface area contributed by atoms with Gasteiger partial charge in [0.2, 0.25) is 0 Å². The molecule has 16 heavy (non-hydrogen) atoms. The molecule has 0 aliphatic heterocycles. The van der Waals surface area contributed by atoms with E-state index < -0.39 is 0 Å². The van der Waals surface area contributed by atoms with Crippen molar-refractivity contribution in [3.63, 3.8) is 0 Å². The summed E-state index contributed by atoms with van der Waals surface area (Å²) in [5, 5.41) is 0.